The van der Waals surface area contributed by atoms with Crippen molar-refractivity contribution in [2.45, 2.75) is 50.3 Å². The monoisotopic (exact) mass is 463 g/mol. The van der Waals surface area contributed by atoms with Gasteiger partial charge in [-0.3, -0.25) is 9.50 Å². The SMILES string of the molecule is COCc1cn2c(Nc3cc([C@H]4OC[C@@H](OC(=O)NC5(C)CC5)[C@@H]4F)[nH]n3)ncc(F)c2n1. The van der Waals surface area contributed by atoms with E-state index in [9.17, 15) is 13.6 Å². The van der Waals surface area contributed by atoms with E-state index >= 15 is 0 Å². The zero-order chi connectivity index (χ0) is 23.2. The van der Waals surface area contributed by atoms with Gasteiger partial charge in [-0.05, 0) is 19.8 Å². The van der Waals surface area contributed by atoms with Gasteiger partial charge in [0, 0.05) is 24.9 Å². The summed E-state index contributed by atoms with van der Waals surface area (Å²) < 4.78 is 46.2. The largest absolute Gasteiger partial charge is 0.441 e. The average Bonchev–Trinajstić information content (AvgIpc) is 3.15. The number of hydrogen-bond donors (Lipinski definition) is 3. The molecule has 1 aliphatic carbocycles. The Morgan fingerprint density at radius 1 is 1.45 bits per heavy atom. The van der Waals surface area contributed by atoms with Gasteiger partial charge in [-0.2, -0.15) is 5.10 Å². The molecule has 1 aliphatic heterocycles. The molecule has 2 aliphatic rings. The van der Waals surface area contributed by atoms with Gasteiger partial charge in [-0.25, -0.2) is 23.5 Å². The van der Waals surface area contributed by atoms with Crippen LogP contribution >= 0.6 is 0 Å². The maximum absolute atomic E-state index is 14.9. The first-order valence-corrected chi connectivity index (χ1v) is 10.4. The third kappa shape index (κ3) is 4.33. The second-order valence-corrected chi connectivity index (χ2v) is 8.45. The summed E-state index contributed by atoms with van der Waals surface area (Å²) in [6.07, 6.45) is 0.147. The number of ether oxygens (including phenoxy) is 3. The molecule has 3 N–H and O–H groups in total. The molecule has 13 heteroatoms. The lowest BCUT2D eigenvalue weighted by Crippen LogP contribution is -2.39. The number of methoxy groups -OCH3 is 1. The Hall–Kier alpha value is -3.32. The Balaban J connectivity index is 1.27. The van der Waals surface area contributed by atoms with Gasteiger partial charge in [0.05, 0.1) is 30.8 Å². The molecule has 4 heterocycles. The first-order valence-electron chi connectivity index (χ1n) is 10.4. The Morgan fingerprint density at radius 3 is 3.03 bits per heavy atom. The van der Waals surface area contributed by atoms with Crippen LogP contribution < -0.4 is 10.6 Å². The number of carbonyl (C=O) groups excluding carboxylic acids is 1. The average molecular weight is 463 g/mol. The minimum atomic E-state index is -1.57. The van der Waals surface area contributed by atoms with Crippen molar-refractivity contribution in [3.63, 3.8) is 0 Å². The summed E-state index contributed by atoms with van der Waals surface area (Å²) in [5.74, 6) is -0.0159. The van der Waals surface area contributed by atoms with Crippen LogP contribution in [0, 0.1) is 5.82 Å². The Kier molecular flexibility index (Phi) is 5.37. The van der Waals surface area contributed by atoms with Gasteiger partial charge < -0.3 is 24.8 Å². The Labute approximate surface area is 186 Å². The number of rotatable bonds is 7. The molecular formula is C20H23F2N7O4. The van der Waals surface area contributed by atoms with Crippen molar-refractivity contribution < 1.29 is 27.8 Å². The van der Waals surface area contributed by atoms with Crippen LogP contribution in [0.25, 0.3) is 5.65 Å². The van der Waals surface area contributed by atoms with Crippen molar-refractivity contribution in [2.24, 2.45) is 0 Å². The van der Waals surface area contributed by atoms with Crippen LogP contribution in [0.3, 0.4) is 0 Å². The van der Waals surface area contributed by atoms with E-state index in [0.717, 1.165) is 19.0 Å². The van der Waals surface area contributed by atoms with E-state index in [-0.39, 0.29) is 30.3 Å². The number of carbonyl (C=O) groups is 1. The summed E-state index contributed by atoms with van der Waals surface area (Å²) in [6, 6.07) is 1.55. The quantitative estimate of drug-likeness (QED) is 0.488. The number of H-pyrrole nitrogens is 1. The lowest BCUT2D eigenvalue weighted by molar-refractivity contribution is 0.0604. The predicted molar refractivity (Wildman–Crippen MR) is 110 cm³/mol. The number of alkyl halides is 1. The fraction of sp³-hybridized carbons (Fsp3) is 0.500. The molecule has 176 valence electrons. The van der Waals surface area contributed by atoms with Crippen molar-refractivity contribution in [1.29, 1.82) is 0 Å². The van der Waals surface area contributed by atoms with Crippen LogP contribution in [-0.4, -0.2) is 62.2 Å². The van der Waals surface area contributed by atoms with E-state index in [0.29, 0.717) is 17.2 Å². The van der Waals surface area contributed by atoms with E-state index in [1.54, 1.807) is 12.3 Å². The van der Waals surface area contributed by atoms with E-state index < -0.39 is 30.3 Å². The summed E-state index contributed by atoms with van der Waals surface area (Å²) >= 11 is 0. The molecule has 0 unspecified atom stereocenters. The number of aromatic nitrogens is 5. The number of halogens is 2. The van der Waals surface area contributed by atoms with Crippen molar-refractivity contribution >= 4 is 23.5 Å². The van der Waals surface area contributed by atoms with Gasteiger partial charge in [0.25, 0.3) is 0 Å². The van der Waals surface area contributed by atoms with Crippen molar-refractivity contribution in [3.05, 3.63) is 35.7 Å². The minimum Gasteiger partial charge on any atom is -0.441 e. The molecule has 0 spiro atoms. The van der Waals surface area contributed by atoms with Gasteiger partial charge in [0.1, 0.15) is 6.10 Å². The van der Waals surface area contributed by atoms with E-state index in [2.05, 4.69) is 30.8 Å². The van der Waals surface area contributed by atoms with Crippen molar-refractivity contribution in [1.82, 2.24) is 29.9 Å². The van der Waals surface area contributed by atoms with Crippen LogP contribution in [0.1, 0.15) is 37.3 Å². The normalized spacial score (nSPS) is 23.6. The molecule has 0 aromatic carbocycles. The number of amides is 1. The number of alkyl carbamates (subject to hydrolysis) is 1. The molecule has 1 saturated carbocycles. The molecule has 2 fully saturated rings. The zero-order valence-electron chi connectivity index (χ0n) is 18.0. The third-order valence-electron chi connectivity index (χ3n) is 5.68. The first kappa shape index (κ1) is 21.5. The van der Waals surface area contributed by atoms with E-state index in [1.807, 2.05) is 6.92 Å². The van der Waals surface area contributed by atoms with Gasteiger partial charge in [0.2, 0.25) is 5.95 Å². The second kappa shape index (κ2) is 8.23. The fourth-order valence-electron chi connectivity index (χ4n) is 3.63. The molecule has 0 radical (unpaired) electrons. The predicted octanol–water partition coefficient (Wildman–Crippen LogP) is 2.54. The van der Waals surface area contributed by atoms with Gasteiger partial charge >= 0.3 is 6.09 Å². The number of nitrogens with one attached hydrogen (secondary N) is 3. The van der Waals surface area contributed by atoms with E-state index in [1.165, 1.54) is 11.5 Å². The maximum Gasteiger partial charge on any atom is 0.408 e. The number of anilines is 2. The maximum atomic E-state index is 14.9. The Morgan fingerprint density at radius 2 is 2.27 bits per heavy atom. The summed E-state index contributed by atoms with van der Waals surface area (Å²) in [5.41, 5.74) is 0.706. The highest BCUT2D eigenvalue weighted by atomic mass is 19.1. The number of imidazole rings is 1. The van der Waals surface area contributed by atoms with E-state index in [4.69, 9.17) is 14.2 Å². The van der Waals surface area contributed by atoms with Gasteiger partial charge in [-0.15, -0.1) is 0 Å². The number of nitrogens with zero attached hydrogens (tertiary/aromatic N) is 4. The smallest absolute Gasteiger partial charge is 0.408 e. The lowest BCUT2D eigenvalue weighted by Gasteiger charge is -2.17. The molecule has 11 nitrogen and oxygen atoms in total. The highest BCUT2D eigenvalue weighted by Gasteiger charge is 2.44. The number of fused-ring (bicyclic) bond motifs is 1. The topological polar surface area (TPSA) is 128 Å². The Bertz CT molecular complexity index is 1180. The summed E-state index contributed by atoms with van der Waals surface area (Å²) in [4.78, 5) is 20.2. The molecule has 3 atom stereocenters. The van der Waals surface area contributed by atoms with Crippen LogP contribution in [-0.2, 0) is 20.8 Å². The third-order valence-corrected chi connectivity index (χ3v) is 5.68. The van der Waals surface area contributed by atoms with Gasteiger partial charge in [0.15, 0.2) is 29.6 Å². The lowest BCUT2D eigenvalue weighted by atomic mass is 10.1. The molecule has 0 bridgehead atoms. The zero-order valence-corrected chi connectivity index (χ0v) is 18.0. The fourth-order valence-corrected chi connectivity index (χ4v) is 3.63. The summed E-state index contributed by atoms with van der Waals surface area (Å²) in [7, 11) is 1.52. The highest BCUT2D eigenvalue weighted by Crippen LogP contribution is 2.36. The van der Waals surface area contributed by atoms with Crippen molar-refractivity contribution in [3.8, 4) is 0 Å². The van der Waals surface area contributed by atoms with Crippen LogP contribution in [0.15, 0.2) is 18.5 Å². The molecule has 3 aromatic rings. The molecular weight excluding hydrogens is 440 g/mol. The minimum absolute atomic E-state index is 0.0742. The van der Waals surface area contributed by atoms with Crippen LogP contribution in [0.2, 0.25) is 0 Å². The highest BCUT2D eigenvalue weighted by molar-refractivity contribution is 5.69. The standard InChI is InChI=1S/C20H23F2N7O4/c1-20(3-4-20)26-19(30)33-13-9-32-16(15(13)22)12-5-14(28-27-12)25-18-23-6-11(21)17-24-10(8-31-2)7-29(17)18/h5-7,13,15-16H,3-4,8-9H2,1-2H3,(H,26,30)(H2,23,25,27,28)/t13-,15+,16-/m1/s1. The molecule has 3 aromatic heterocycles. The molecule has 1 amide bonds. The second-order valence-electron chi connectivity index (χ2n) is 8.45. The molecule has 5 rings (SSSR count). The summed E-state index contributed by atoms with van der Waals surface area (Å²) in [5, 5.41) is 12.5. The van der Waals surface area contributed by atoms with Gasteiger partial charge in [-0.1, -0.05) is 0 Å². The van der Waals surface area contributed by atoms with Crippen molar-refractivity contribution in [2.75, 3.05) is 19.0 Å². The van der Waals surface area contributed by atoms with Crippen LogP contribution in [0.5, 0.6) is 0 Å². The number of hydrogen-bond acceptors (Lipinski definition) is 8. The van der Waals surface area contributed by atoms with Crippen LogP contribution in [0.4, 0.5) is 25.3 Å². The summed E-state index contributed by atoms with van der Waals surface area (Å²) in [6.45, 7) is 2.04. The molecule has 33 heavy (non-hydrogen) atoms. The first-order chi connectivity index (χ1) is 15.8. The number of aromatic amines is 1. The molecule has 1 saturated heterocycles.